The van der Waals surface area contributed by atoms with E-state index in [4.69, 9.17) is 23.5 Å². The number of aliphatic hydroxyl groups is 3. The number of rotatable bonds is 39. The molecular weight excluding hydrogens is 825 g/mol. The van der Waals surface area contributed by atoms with Crippen LogP contribution in [0.5, 0.6) is 0 Å². The van der Waals surface area contributed by atoms with Gasteiger partial charge in [-0.2, -0.15) is 8.42 Å². The lowest BCUT2D eigenvalue weighted by molar-refractivity contribution is -0.301. The fourth-order valence-corrected chi connectivity index (χ4v) is 6.90. The van der Waals surface area contributed by atoms with Crippen molar-refractivity contribution in [3.05, 3.63) is 97.2 Å². The lowest BCUT2D eigenvalue weighted by Crippen LogP contribution is -2.60. The van der Waals surface area contributed by atoms with Gasteiger partial charge in [0.2, 0.25) is 0 Å². The Kier molecular flexibility index (Phi) is 37.3. The third-order valence-corrected chi connectivity index (χ3v) is 10.4. The molecule has 0 saturated carbocycles. The highest BCUT2D eigenvalue weighted by atomic mass is 32.3. The van der Waals surface area contributed by atoms with Gasteiger partial charge in [-0.15, -0.1) is 0 Å². The van der Waals surface area contributed by atoms with Crippen LogP contribution in [0.1, 0.15) is 149 Å². The maximum Gasteiger partial charge on any atom is 0.397 e. The Bertz CT molecular complexity index is 1460. The van der Waals surface area contributed by atoms with Gasteiger partial charge in [0.1, 0.15) is 30.5 Å². The maximum atomic E-state index is 12.8. The van der Waals surface area contributed by atoms with Crippen LogP contribution in [0.2, 0.25) is 0 Å². The molecule has 0 amide bonds. The Labute approximate surface area is 380 Å². The topological polar surface area (TPSA) is 178 Å². The summed E-state index contributed by atoms with van der Waals surface area (Å²) in [6, 6.07) is 0. The first-order chi connectivity index (χ1) is 30.6. The zero-order valence-corrected chi connectivity index (χ0v) is 39.2. The van der Waals surface area contributed by atoms with Crippen molar-refractivity contribution in [2.45, 2.75) is 185 Å². The Balaban J connectivity index is 2.45. The van der Waals surface area contributed by atoms with Crippen molar-refractivity contribution >= 4 is 16.4 Å². The molecule has 0 aromatic carbocycles. The van der Waals surface area contributed by atoms with Crippen LogP contribution in [0.25, 0.3) is 0 Å². The number of aliphatic hydroxyl groups excluding tert-OH is 3. The van der Waals surface area contributed by atoms with Crippen LogP contribution in [-0.2, 0) is 38.3 Å². The maximum absolute atomic E-state index is 12.8. The van der Waals surface area contributed by atoms with Crippen molar-refractivity contribution in [2.24, 2.45) is 0 Å². The van der Waals surface area contributed by atoms with Crippen LogP contribution in [0, 0.1) is 0 Å². The van der Waals surface area contributed by atoms with Crippen LogP contribution in [-0.4, -0.2) is 97.5 Å². The second kappa shape index (κ2) is 40.5. The van der Waals surface area contributed by atoms with Gasteiger partial charge >= 0.3 is 16.4 Å². The number of unbranched alkanes of at least 4 members (excludes halogenated alkanes) is 10. The Hall–Kier alpha value is -2.98. The lowest BCUT2D eigenvalue weighted by Gasteiger charge is -2.41. The molecule has 1 rings (SSSR count). The van der Waals surface area contributed by atoms with E-state index in [2.05, 4.69) is 115 Å². The normalized spacial score (nSPS) is 20.8. The zero-order chi connectivity index (χ0) is 46.1. The molecule has 0 aromatic heterocycles. The van der Waals surface area contributed by atoms with E-state index < -0.39 is 59.8 Å². The van der Waals surface area contributed by atoms with E-state index in [1.807, 2.05) is 0 Å². The minimum atomic E-state index is -5.08. The van der Waals surface area contributed by atoms with Gasteiger partial charge < -0.3 is 34.3 Å². The van der Waals surface area contributed by atoms with Gasteiger partial charge in [0.15, 0.2) is 6.29 Å². The molecule has 0 radical (unpaired) electrons. The molecule has 0 bridgehead atoms. The minimum absolute atomic E-state index is 0.000750. The SMILES string of the molecule is CC/C=C\C/C=C\C/C=C\C/C=C\C/C=C\C/C=C\CCCCCOCC(COC1OC(CO)C(O)C(OS(=O)(=O)O)C1O)OC(=O)CCCCCCC/C=C\C/C=C\CCCC. The average molecular weight is 907 g/mol. The molecule has 1 aliphatic rings. The lowest BCUT2D eigenvalue weighted by atomic mass is 9.99. The molecule has 0 aliphatic carbocycles. The largest absolute Gasteiger partial charge is 0.457 e. The van der Waals surface area contributed by atoms with Gasteiger partial charge in [-0.3, -0.25) is 9.35 Å². The van der Waals surface area contributed by atoms with Gasteiger partial charge in [-0.25, -0.2) is 4.18 Å². The smallest absolute Gasteiger partial charge is 0.397 e. The number of esters is 1. The minimum Gasteiger partial charge on any atom is -0.457 e. The summed E-state index contributed by atoms with van der Waals surface area (Å²) >= 11 is 0. The molecule has 1 aliphatic heterocycles. The average Bonchev–Trinajstić information content (AvgIpc) is 3.26. The van der Waals surface area contributed by atoms with Crippen molar-refractivity contribution in [3.8, 4) is 0 Å². The van der Waals surface area contributed by atoms with Gasteiger partial charge in [0.25, 0.3) is 0 Å². The van der Waals surface area contributed by atoms with Gasteiger partial charge in [-0.1, -0.05) is 150 Å². The summed E-state index contributed by atoms with van der Waals surface area (Å²) in [5.74, 6) is -0.431. The third kappa shape index (κ3) is 34.1. The quantitative estimate of drug-likeness (QED) is 0.0199. The Morgan fingerprint density at radius 1 is 0.619 bits per heavy atom. The predicted molar refractivity (Wildman–Crippen MR) is 252 cm³/mol. The van der Waals surface area contributed by atoms with Crippen molar-refractivity contribution in [2.75, 3.05) is 26.4 Å². The zero-order valence-electron chi connectivity index (χ0n) is 38.3. The van der Waals surface area contributed by atoms with Crippen LogP contribution in [0.15, 0.2) is 97.2 Å². The summed E-state index contributed by atoms with van der Waals surface area (Å²) < 4.78 is 59.0. The van der Waals surface area contributed by atoms with E-state index in [0.717, 1.165) is 109 Å². The van der Waals surface area contributed by atoms with Crippen LogP contribution < -0.4 is 0 Å². The van der Waals surface area contributed by atoms with E-state index in [1.54, 1.807) is 0 Å². The molecule has 6 unspecified atom stereocenters. The first-order valence-electron chi connectivity index (χ1n) is 23.5. The second-order valence-electron chi connectivity index (χ2n) is 15.6. The molecule has 0 spiro atoms. The summed E-state index contributed by atoms with van der Waals surface area (Å²) in [6.45, 7) is 3.71. The molecule has 1 saturated heterocycles. The van der Waals surface area contributed by atoms with E-state index in [9.17, 15) is 28.5 Å². The molecule has 1 fully saturated rings. The first kappa shape index (κ1) is 58.0. The molecule has 6 atom stereocenters. The first-order valence-corrected chi connectivity index (χ1v) is 24.9. The van der Waals surface area contributed by atoms with Crippen molar-refractivity contribution in [3.63, 3.8) is 0 Å². The van der Waals surface area contributed by atoms with Crippen LogP contribution >= 0.6 is 0 Å². The van der Waals surface area contributed by atoms with Crippen molar-refractivity contribution in [1.82, 2.24) is 0 Å². The van der Waals surface area contributed by atoms with Gasteiger partial charge in [0, 0.05) is 13.0 Å². The molecule has 13 heteroatoms. The Morgan fingerprint density at radius 3 is 1.60 bits per heavy atom. The summed E-state index contributed by atoms with van der Waals surface area (Å²) in [5.41, 5.74) is 0. The second-order valence-corrected chi connectivity index (χ2v) is 16.7. The molecule has 63 heavy (non-hydrogen) atoms. The van der Waals surface area contributed by atoms with Crippen LogP contribution in [0.3, 0.4) is 0 Å². The van der Waals surface area contributed by atoms with E-state index in [0.29, 0.717) is 13.0 Å². The van der Waals surface area contributed by atoms with E-state index in [-0.39, 0.29) is 19.6 Å². The number of ether oxygens (including phenoxy) is 4. The standard InChI is InChI=1S/C50H82O12S/c1-3-5-7-9-11-13-15-17-19-20-21-22-23-24-25-26-28-30-32-34-36-38-40-58-42-44(43-59-50-48(54)49(62-63(55,56)57)47(53)45(41-51)61-50)60-46(52)39-37-35-33-31-29-27-18-16-14-12-10-8-6-4-2/h5,7,10-13,16-19,21-22,24-25,28,30,44-45,47-51,53-54H,3-4,6,8-9,14-15,20,23,26-27,29,31-43H2,1-2H3,(H,55,56,57)/b7-5-,12-10-,13-11-,18-16-,19-17-,22-21-,25-24-,30-28-. The highest BCUT2D eigenvalue weighted by molar-refractivity contribution is 7.80. The number of carbonyl (C=O) groups excluding carboxylic acids is 1. The number of hydrogen-bond acceptors (Lipinski definition) is 11. The highest BCUT2D eigenvalue weighted by Gasteiger charge is 2.48. The predicted octanol–water partition coefficient (Wildman–Crippen LogP) is 10.2. The fraction of sp³-hybridized carbons (Fsp3) is 0.660. The third-order valence-electron chi connectivity index (χ3n) is 9.94. The number of carbonyl (C=O) groups is 1. The summed E-state index contributed by atoms with van der Waals surface area (Å²) in [6.07, 6.45) is 45.8. The van der Waals surface area contributed by atoms with Crippen molar-refractivity contribution in [1.29, 1.82) is 0 Å². The molecule has 4 N–H and O–H groups in total. The van der Waals surface area contributed by atoms with E-state index >= 15 is 0 Å². The summed E-state index contributed by atoms with van der Waals surface area (Å²) in [7, 11) is -5.08. The fourth-order valence-electron chi connectivity index (χ4n) is 6.40. The number of allylic oxidation sites excluding steroid dienone is 16. The van der Waals surface area contributed by atoms with Crippen LogP contribution in [0.4, 0.5) is 0 Å². The Morgan fingerprint density at radius 2 is 1.10 bits per heavy atom. The molecule has 360 valence electrons. The monoisotopic (exact) mass is 907 g/mol. The molecular formula is C50H82O12S. The van der Waals surface area contributed by atoms with Gasteiger partial charge in [0.05, 0.1) is 19.8 Å². The molecule has 12 nitrogen and oxygen atoms in total. The highest BCUT2D eigenvalue weighted by Crippen LogP contribution is 2.26. The molecule has 1 heterocycles. The van der Waals surface area contributed by atoms with Crippen molar-refractivity contribution < 1.29 is 56.2 Å². The summed E-state index contributed by atoms with van der Waals surface area (Å²) in [4.78, 5) is 12.8. The molecule has 0 aromatic rings. The number of hydrogen-bond donors (Lipinski definition) is 4. The summed E-state index contributed by atoms with van der Waals surface area (Å²) in [5, 5.41) is 30.7. The van der Waals surface area contributed by atoms with E-state index in [1.165, 1.54) is 12.8 Å². The van der Waals surface area contributed by atoms with Gasteiger partial charge in [-0.05, 0) is 89.9 Å².